The molecule has 6 nitrogen and oxygen atoms in total. The molecule has 0 aliphatic carbocycles. The Bertz CT molecular complexity index is 330. The van der Waals surface area contributed by atoms with Gasteiger partial charge < -0.3 is 18.9 Å². The monoisotopic (exact) mass is 286 g/mol. The molecular formula is C14H22O6. The zero-order valence-corrected chi connectivity index (χ0v) is 12.1. The Kier molecular flexibility index (Phi) is 6.67. The fourth-order valence-electron chi connectivity index (χ4n) is 2.21. The summed E-state index contributed by atoms with van der Waals surface area (Å²) in [6.07, 6.45) is 3.85. The molecule has 0 unspecified atom stereocenters. The van der Waals surface area contributed by atoms with Crippen LogP contribution in [-0.2, 0) is 28.5 Å². The molecule has 0 atom stereocenters. The van der Waals surface area contributed by atoms with Gasteiger partial charge in [0.1, 0.15) is 0 Å². The van der Waals surface area contributed by atoms with Crippen LogP contribution in [0.25, 0.3) is 0 Å². The second-order valence-electron chi connectivity index (χ2n) is 4.57. The smallest absolute Gasteiger partial charge is 0.320 e. The molecule has 1 heterocycles. The number of methoxy groups -OCH3 is 2. The van der Waals surface area contributed by atoms with E-state index in [0.29, 0.717) is 26.1 Å². The Balaban J connectivity index is 2.65. The lowest BCUT2D eigenvalue weighted by Crippen LogP contribution is -2.34. The van der Waals surface area contributed by atoms with Crippen LogP contribution in [0.5, 0.6) is 0 Å². The molecule has 20 heavy (non-hydrogen) atoms. The second kappa shape index (κ2) is 8.01. The van der Waals surface area contributed by atoms with E-state index in [9.17, 15) is 9.59 Å². The van der Waals surface area contributed by atoms with E-state index in [1.54, 1.807) is 6.08 Å². The van der Waals surface area contributed by atoms with Gasteiger partial charge in [-0.2, -0.15) is 0 Å². The first-order chi connectivity index (χ1) is 9.58. The van der Waals surface area contributed by atoms with Crippen molar-refractivity contribution in [1.29, 1.82) is 0 Å². The minimum absolute atomic E-state index is 0.260. The van der Waals surface area contributed by atoms with Crippen LogP contribution in [0.2, 0.25) is 0 Å². The Morgan fingerprint density at radius 2 is 1.75 bits per heavy atom. The van der Waals surface area contributed by atoms with E-state index in [0.717, 1.165) is 6.42 Å². The van der Waals surface area contributed by atoms with Crippen LogP contribution in [0.15, 0.2) is 12.7 Å². The van der Waals surface area contributed by atoms with Gasteiger partial charge >= 0.3 is 11.9 Å². The molecular weight excluding hydrogens is 264 g/mol. The summed E-state index contributed by atoms with van der Waals surface area (Å²) in [5.74, 6) is -2.89. The molecule has 0 saturated carbocycles. The summed E-state index contributed by atoms with van der Waals surface area (Å²) >= 11 is 0. The first kappa shape index (κ1) is 16.7. The number of ether oxygens (including phenoxy) is 4. The number of esters is 2. The molecule has 114 valence electrons. The Labute approximate surface area is 119 Å². The first-order valence-electron chi connectivity index (χ1n) is 6.63. The number of hydrogen-bond acceptors (Lipinski definition) is 6. The highest BCUT2D eigenvalue weighted by atomic mass is 16.7. The summed E-state index contributed by atoms with van der Waals surface area (Å²) in [6.45, 7) is 4.70. The lowest BCUT2D eigenvalue weighted by Gasteiger charge is -2.28. The van der Waals surface area contributed by atoms with Crippen LogP contribution in [0.4, 0.5) is 0 Å². The molecule has 1 rings (SSSR count). The Morgan fingerprint density at radius 3 is 2.20 bits per heavy atom. The average molecular weight is 286 g/mol. The normalized spacial score (nSPS) is 16.9. The van der Waals surface area contributed by atoms with E-state index in [1.807, 2.05) is 0 Å². The second-order valence-corrected chi connectivity index (χ2v) is 4.57. The Hall–Kier alpha value is -1.40. The van der Waals surface area contributed by atoms with Crippen LogP contribution in [-0.4, -0.2) is 45.2 Å². The lowest BCUT2D eigenvalue weighted by atomic mass is 9.96. The number of hydrogen-bond donors (Lipinski definition) is 0. The van der Waals surface area contributed by atoms with Gasteiger partial charge in [0.2, 0.25) is 0 Å². The fourth-order valence-corrected chi connectivity index (χ4v) is 2.21. The topological polar surface area (TPSA) is 71.1 Å². The number of allylic oxidation sites excluding steroid dienone is 1. The van der Waals surface area contributed by atoms with Crippen molar-refractivity contribution in [2.75, 3.05) is 27.4 Å². The third-order valence-corrected chi connectivity index (χ3v) is 3.33. The van der Waals surface area contributed by atoms with E-state index in [-0.39, 0.29) is 6.42 Å². The van der Waals surface area contributed by atoms with E-state index in [4.69, 9.17) is 9.47 Å². The van der Waals surface area contributed by atoms with Crippen molar-refractivity contribution in [3.63, 3.8) is 0 Å². The van der Waals surface area contributed by atoms with E-state index in [1.165, 1.54) is 14.2 Å². The molecule has 1 aliphatic heterocycles. The molecule has 0 spiro atoms. The van der Waals surface area contributed by atoms with Crippen molar-refractivity contribution in [2.24, 2.45) is 5.92 Å². The zero-order valence-electron chi connectivity index (χ0n) is 12.1. The predicted molar refractivity (Wildman–Crippen MR) is 70.8 cm³/mol. The zero-order chi connectivity index (χ0) is 15.0. The molecule has 0 bridgehead atoms. The fraction of sp³-hybridized carbons (Fsp3) is 0.714. The summed E-state index contributed by atoms with van der Waals surface area (Å²) in [5.41, 5.74) is 0. The highest BCUT2D eigenvalue weighted by Crippen LogP contribution is 2.32. The van der Waals surface area contributed by atoms with Gasteiger partial charge in [-0.15, -0.1) is 6.58 Å². The van der Waals surface area contributed by atoms with E-state index in [2.05, 4.69) is 16.1 Å². The molecule has 1 aliphatic rings. The maximum atomic E-state index is 11.6. The van der Waals surface area contributed by atoms with Gasteiger partial charge in [-0.1, -0.05) is 6.08 Å². The first-order valence-corrected chi connectivity index (χ1v) is 6.63. The van der Waals surface area contributed by atoms with Gasteiger partial charge in [-0.3, -0.25) is 9.59 Å². The lowest BCUT2D eigenvalue weighted by molar-refractivity contribution is -0.174. The number of carbonyl (C=O) groups is 2. The highest BCUT2D eigenvalue weighted by Gasteiger charge is 2.39. The molecule has 0 N–H and O–H groups in total. The van der Waals surface area contributed by atoms with E-state index >= 15 is 0 Å². The SMILES string of the molecule is C=CCCC1(CCC(C(=O)OC)C(=O)OC)OCCO1. The highest BCUT2D eigenvalue weighted by molar-refractivity contribution is 5.94. The predicted octanol–water partition coefficient (Wildman–Crippen LogP) is 1.44. The molecule has 0 aromatic carbocycles. The maximum absolute atomic E-state index is 11.6. The van der Waals surface area contributed by atoms with Gasteiger partial charge in [-0.05, 0) is 12.8 Å². The van der Waals surface area contributed by atoms with E-state index < -0.39 is 23.6 Å². The summed E-state index contributed by atoms with van der Waals surface area (Å²) in [4.78, 5) is 23.2. The molecule has 1 saturated heterocycles. The summed E-state index contributed by atoms with van der Waals surface area (Å²) in [6, 6.07) is 0. The summed E-state index contributed by atoms with van der Waals surface area (Å²) in [7, 11) is 2.49. The quantitative estimate of drug-likeness (QED) is 0.382. The standard InChI is InChI=1S/C14H22O6/c1-4-5-7-14(19-9-10-20-14)8-6-11(12(15)17-2)13(16)18-3/h4,11H,1,5-10H2,2-3H3. The van der Waals surface area contributed by atoms with Gasteiger partial charge in [0.25, 0.3) is 0 Å². The van der Waals surface area contributed by atoms with Crippen molar-refractivity contribution in [1.82, 2.24) is 0 Å². The molecule has 0 radical (unpaired) electrons. The number of rotatable bonds is 8. The average Bonchev–Trinajstić information content (AvgIpc) is 2.93. The van der Waals surface area contributed by atoms with Gasteiger partial charge in [0.05, 0.1) is 27.4 Å². The summed E-state index contributed by atoms with van der Waals surface area (Å²) in [5, 5.41) is 0. The van der Waals surface area contributed by atoms with Crippen LogP contribution >= 0.6 is 0 Å². The van der Waals surface area contributed by atoms with Gasteiger partial charge in [0, 0.05) is 12.8 Å². The molecule has 6 heteroatoms. The van der Waals surface area contributed by atoms with Crippen molar-refractivity contribution < 1.29 is 28.5 Å². The molecule has 0 aromatic rings. The minimum atomic E-state index is -0.946. The third-order valence-electron chi connectivity index (χ3n) is 3.33. The van der Waals surface area contributed by atoms with Crippen LogP contribution in [0, 0.1) is 5.92 Å². The Morgan fingerprint density at radius 1 is 1.20 bits per heavy atom. The summed E-state index contributed by atoms with van der Waals surface area (Å²) < 4.78 is 20.5. The largest absolute Gasteiger partial charge is 0.468 e. The van der Waals surface area contributed by atoms with Crippen molar-refractivity contribution in [2.45, 2.75) is 31.5 Å². The van der Waals surface area contributed by atoms with Crippen LogP contribution < -0.4 is 0 Å². The third kappa shape index (κ3) is 4.31. The number of carbonyl (C=O) groups excluding carboxylic acids is 2. The molecule has 0 aromatic heterocycles. The van der Waals surface area contributed by atoms with Crippen molar-refractivity contribution in [3.05, 3.63) is 12.7 Å². The van der Waals surface area contributed by atoms with Gasteiger partial charge in [-0.25, -0.2) is 0 Å². The van der Waals surface area contributed by atoms with Crippen LogP contribution in [0.1, 0.15) is 25.7 Å². The minimum Gasteiger partial charge on any atom is -0.468 e. The van der Waals surface area contributed by atoms with Crippen molar-refractivity contribution >= 4 is 11.9 Å². The van der Waals surface area contributed by atoms with Crippen LogP contribution in [0.3, 0.4) is 0 Å². The maximum Gasteiger partial charge on any atom is 0.320 e. The molecule has 1 fully saturated rings. The molecule has 0 amide bonds. The van der Waals surface area contributed by atoms with Gasteiger partial charge in [0.15, 0.2) is 11.7 Å². The van der Waals surface area contributed by atoms with Crippen molar-refractivity contribution in [3.8, 4) is 0 Å².